The van der Waals surface area contributed by atoms with Gasteiger partial charge in [-0.2, -0.15) is 0 Å². The molecule has 0 bridgehead atoms. The first-order valence-electron chi connectivity index (χ1n) is 5.92. The van der Waals surface area contributed by atoms with Crippen LogP contribution in [0.5, 0.6) is 0 Å². The number of hydrogen-bond donors (Lipinski definition) is 3. The largest absolute Gasteiger partial charge is 0.369 e. The lowest BCUT2D eigenvalue weighted by Crippen LogP contribution is -2.19. The normalized spacial score (nSPS) is 11.3. The van der Waals surface area contributed by atoms with E-state index in [1.165, 1.54) is 6.33 Å². The fraction of sp³-hybridized carbons (Fsp3) is 0.600. The molecule has 0 aromatic carbocycles. The molecule has 1 aromatic rings. The molecular formula is C10H18BrN5O2S. The van der Waals surface area contributed by atoms with E-state index >= 15 is 0 Å². The van der Waals surface area contributed by atoms with Crippen LogP contribution in [0.15, 0.2) is 10.8 Å². The molecule has 9 heteroatoms. The van der Waals surface area contributed by atoms with Gasteiger partial charge in [0.25, 0.3) is 0 Å². The smallest absolute Gasteiger partial charge is 0.209 e. The molecule has 0 unspecified atom stereocenters. The number of primary sulfonamides is 1. The lowest BCUT2D eigenvalue weighted by molar-refractivity contribution is 0.595. The van der Waals surface area contributed by atoms with Crippen molar-refractivity contribution in [3.63, 3.8) is 0 Å². The molecule has 1 aromatic heterocycles. The van der Waals surface area contributed by atoms with Crippen molar-refractivity contribution >= 4 is 37.6 Å². The van der Waals surface area contributed by atoms with Gasteiger partial charge < -0.3 is 10.6 Å². The van der Waals surface area contributed by atoms with Crippen LogP contribution in [-0.4, -0.2) is 37.2 Å². The Hall–Kier alpha value is -0.930. The molecule has 0 aliphatic heterocycles. The molecule has 7 nitrogen and oxygen atoms in total. The van der Waals surface area contributed by atoms with Gasteiger partial charge in [0, 0.05) is 13.1 Å². The van der Waals surface area contributed by atoms with Gasteiger partial charge in [0.2, 0.25) is 10.0 Å². The Morgan fingerprint density at radius 3 is 2.37 bits per heavy atom. The average Bonchev–Trinajstić information content (AvgIpc) is 2.33. The number of nitrogens with one attached hydrogen (secondary N) is 2. The average molecular weight is 352 g/mol. The van der Waals surface area contributed by atoms with E-state index in [9.17, 15) is 8.42 Å². The van der Waals surface area contributed by atoms with Crippen molar-refractivity contribution in [2.45, 2.75) is 19.8 Å². The fourth-order valence-corrected chi connectivity index (χ4v) is 2.37. The summed E-state index contributed by atoms with van der Waals surface area (Å²) in [6, 6.07) is 0. The highest BCUT2D eigenvalue weighted by Crippen LogP contribution is 2.26. The maximum atomic E-state index is 10.8. The van der Waals surface area contributed by atoms with Crippen molar-refractivity contribution in [2.24, 2.45) is 5.14 Å². The Bertz CT molecular complexity index is 509. The highest BCUT2D eigenvalue weighted by Gasteiger charge is 2.08. The second kappa shape index (κ2) is 7.61. The highest BCUT2D eigenvalue weighted by atomic mass is 79.9. The van der Waals surface area contributed by atoms with Gasteiger partial charge in [0.1, 0.15) is 22.4 Å². The summed E-state index contributed by atoms with van der Waals surface area (Å²) in [5.41, 5.74) is 0. The lowest BCUT2D eigenvalue weighted by Gasteiger charge is -2.11. The molecule has 0 saturated carbocycles. The van der Waals surface area contributed by atoms with Crippen LogP contribution in [0, 0.1) is 0 Å². The molecule has 4 N–H and O–H groups in total. The molecule has 108 valence electrons. The van der Waals surface area contributed by atoms with Gasteiger partial charge in [-0.15, -0.1) is 0 Å². The zero-order chi connectivity index (χ0) is 14.3. The third kappa shape index (κ3) is 6.17. The predicted molar refractivity (Wildman–Crippen MR) is 79.6 cm³/mol. The lowest BCUT2D eigenvalue weighted by atomic mass is 10.4. The summed E-state index contributed by atoms with van der Waals surface area (Å²) in [5.74, 6) is 1.29. The second-order valence-corrected chi connectivity index (χ2v) is 6.49. The van der Waals surface area contributed by atoms with E-state index in [-0.39, 0.29) is 5.75 Å². The molecule has 1 heterocycles. The first kappa shape index (κ1) is 16.1. The minimum Gasteiger partial charge on any atom is -0.369 e. The zero-order valence-corrected chi connectivity index (χ0v) is 13.1. The number of sulfonamides is 1. The Balaban J connectivity index is 2.54. The Morgan fingerprint density at radius 2 is 1.84 bits per heavy atom. The molecule has 0 spiro atoms. The summed E-state index contributed by atoms with van der Waals surface area (Å²) in [6.07, 6.45) is 2.87. The summed E-state index contributed by atoms with van der Waals surface area (Å²) in [4.78, 5) is 8.21. The minimum atomic E-state index is -3.41. The van der Waals surface area contributed by atoms with E-state index in [1.807, 2.05) is 0 Å². The van der Waals surface area contributed by atoms with Gasteiger partial charge in [-0.1, -0.05) is 6.92 Å². The van der Waals surface area contributed by atoms with Crippen LogP contribution in [0.1, 0.15) is 19.8 Å². The van der Waals surface area contributed by atoms with Crippen LogP contribution in [0.25, 0.3) is 0 Å². The van der Waals surface area contributed by atoms with Crippen LogP contribution in [-0.2, 0) is 10.0 Å². The van der Waals surface area contributed by atoms with Crippen molar-refractivity contribution in [1.82, 2.24) is 9.97 Å². The molecule has 0 aliphatic rings. The van der Waals surface area contributed by atoms with Gasteiger partial charge in [0.05, 0.1) is 5.75 Å². The van der Waals surface area contributed by atoms with Crippen molar-refractivity contribution in [3.8, 4) is 0 Å². The van der Waals surface area contributed by atoms with Gasteiger partial charge in [-0.05, 0) is 28.8 Å². The summed E-state index contributed by atoms with van der Waals surface area (Å²) in [5, 5.41) is 11.1. The maximum Gasteiger partial charge on any atom is 0.209 e. The molecule has 1 rings (SSSR count). The molecule has 0 aliphatic carbocycles. The van der Waals surface area contributed by atoms with Crippen LogP contribution in [0.3, 0.4) is 0 Å². The Morgan fingerprint density at radius 1 is 1.26 bits per heavy atom. The number of hydrogen-bond acceptors (Lipinski definition) is 6. The quantitative estimate of drug-likeness (QED) is 0.606. The van der Waals surface area contributed by atoms with Crippen molar-refractivity contribution in [2.75, 3.05) is 29.5 Å². The number of halogens is 1. The standard InChI is InChI=1S/C10H18BrN5O2S/c1-2-4-13-9-8(11)10(16-7-15-9)14-5-3-6-19(12,17)18/h7H,2-6H2,1H3,(H2,12,17,18)(H2,13,14,15,16). The van der Waals surface area contributed by atoms with Gasteiger partial charge in [0.15, 0.2) is 0 Å². The summed E-state index contributed by atoms with van der Waals surface area (Å²) < 4.78 is 22.3. The van der Waals surface area contributed by atoms with Crippen LogP contribution in [0.2, 0.25) is 0 Å². The van der Waals surface area contributed by atoms with Gasteiger partial charge in [-0.3, -0.25) is 0 Å². The third-order valence-corrected chi connectivity index (χ3v) is 3.84. The third-order valence-electron chi connectivity index (χ3n) is 2.23. The van der Waals surface area contributed by atoms with Crippen molar-refractivity contribution < 1.29 is 8.42 Å². The van der Waals surface area contributed by atoms with Crippen LogP contribution >= 0.6 is 15.9 Å². The number of rotatable bonds is 8. The Kier molecular flexibility index (Phi) is 6.46. The molecule has 19 heavy (non-hydrogen) atoms. The van der Waals surface area contributed by atoms with Crippen LogP contribution in [0.4, 0.5) is 11.6 Å². The van der Waals surface area contributed by atoms with Gasteiger partial charge in [-0.25, -0.2) is 23.5 Å². The van der Waals surface area contributed by atoms with E-state index in [1.54, 1.807) is 0 Å². The molecule has 0 amide bonds. The number of nitrogens with two attached hydrogens (primary N) is 1. The second-order valence-electron chi connectivity index (χ2n) is 3.96. The van der Waals surface area contributed by atoms with E-state index in [0.717, 1.165) is 17.4 Å². The molecular weight excluding hydrogens is 334 g/mol. The zero-order valence-electron chi connectivity index (χ0n) is 10.7. The first-order valence-corrected chi connectivity index (χ1v) is 8.43. The number of aromatic nitrogens is 2. The first-order chi connectivity index (χ1) is 8.94. The predicted octanol–water partition coefficient (Wildman–Crippen LogP) is 1.15. The molecule has 0 atom stereocenters. The van der Waals surface area contributed by atoms with Crippen molar-refractivity contribution in [3.05, 3.63) is 10.8 Å². The summed E-state index contributed by atoms with van der Waals surface area (Å²) >= 11 is 3.41. The summed E-state index contributed by atoms with van der Waals surface area (Å²) in [7, 11) is -3.41. The van der Waals surface area contributed by atoms with E-state index in [0.29, 0.717) is 24.6 Å². The van der Waals surface area contributed by atoms with Crippen molar-refractivity contribution in [1.29, 1.82) is 0 Å². The summed E-state index contributed by atoms with van der Waals surface area (Å²) in [6.45, 7) is 3.36. The van der Waals surface area contributed by atoms with Crippen LogP contribution < -0.4 is 15.8 Å². The highest BCUT2D eigenvalue weighted by molar-refractivity contribution is 9.10. The van der Waals surface area contributed by atoms with E-state index in [4.69, 9.17) is 5.14 Å². The van der Waals surface area contributed by atoms with E-state index < -0.39 is 10.0 Å². The minimum absolute atomic E-state index is 0.0519. The molecule has 0 saturated heterocycles. The fourth-order valence-electron chi connectivity index (χ4n) is 1.34. The van der Waals surface area contributed by atoms with Gasteiger partial charge >= 0.3 is 0 Å². The Labute approximate surface area is 121 Å². The molecule has 0 fully saturated rings. The SMILES string of the molecule is CCCNc1ncnc(NCCCS(N)(=O)=O)c1Br. The number of anilines is 2. The topological polar surface area (TPSA) is 110 Å². The molecule has 0 radical (unpaired) electrons. The number of nitrogens with zero attached hydrogens (tertiary/aromatic N) is 2. The maximum absolute atomic E-state index is 10.8. The van der Waals surface area contributed by atoms with E-state index in [2.05, 4.69) is 43.5 Å². The monoisotopic (exact) mass is 351 g/mol.